The first-order chi connectivity index (χ1) is 9.13. The van der Waals surface area contributed by atoms with Crippen LogP contribution in [0.4, 0.5) is 8.78 Å². The standard InChI is InChI=1S/C14H18F2N2O/c15-9-3-4-10(13(16)7-9)11-8-12(11)14(19)18-6-2-1-5-17/h3-4,7,11-12H,1-2,5-6,8,17H2,(H,18,19). The van der Waals surface area contributed by atoms with Crippen molar-refractivity contribution in [1.29, 1.82) is 0 Å². The van der Waals surface area contributed by atoms with Crippen LogP contribution in [0.25, 0.3) is 0 Å². The maximum Gasteiger partial charge on any atom is 0.223 e. The van der Waals surface area contributed by atoms with E-state index in [-0.39, 0.29) is 17.7 Å². The van der Waals surface area contributed by atoms with Gasteiger partial charge in [-0.3, -0.25) is 4.79 Å². The lowest BCUT2D eigenvalue weighted by Crippen LogP contribution is -2.26. The zero-order chi connectivity index (χ0) is 13.8. The molecular weight excluding hydrogens is 250 g/mol. The van der Waals surface area contributed by atoms with E-state index < -0.39 is 11.6 Å². The van der Waals surface area contributed by atoms with Gasteiger partial charge in [0.05, 0.1) is 0 Å². The zero-order valence-electron chi connectivity index (χ0n) is 10.7. The number of carbonyl (C=O) groups excluding carboxylic acids is 1. The summed E-state index contributed by atoms with van der Waals surface area (Å²) in [6, 6.07) is 3.52. The van der Waals surface area contributed by atoms with E-state index in [1.54, 1.807) is 0 Å². The molecule has 0 aliphatic heterocycles. The van der Waals surface area contributed by atoms with Crippen LogP contribution in [-0.4, -0.2) is 19.0 Å². The van der Waals surface area contributed by atoms with Gasteiger partial charge in [0.2, 0.25) is 5.91 Å². The molecule has 1 aliphatic carbocycles. The molecule has 2 rings (SSSR count). The summed E-state index contributed by atoms with van der Waals surface area (Å²) in [4.78, 5) is 11.8. The molecule has 1 fully saturated rings. The maximum absolute atomic E-state index is 13.5. The zero-order valence-corrected chi connectivity index (χ0v) is 10.7. The fraction of sp³-hybridized carbons (Fsp3) is 0.500. The van der Waals surface area contributed by atoms with E-state index in [0.29, 0.717) is 25.1 Å². The van der Waals surface area contributed by atoms with Gasteiger partial charge in [-0.05, 0) is 43.4 Å². The number of unbranched alkanes of at least 4 members (excludes halogenated alkanes) is 1. The summed E-state index contributed by atoms with van der Waals surface area (Å²) in [6.07, 6.45) is 2.36. The number of amides is 1. The first kappa shape index (κ1) is 13.9. The third-order valence-corrected chi connectivity index (χ3v) is 3.42. The molecule has 1 amide bonds. The summed E-state index contributed by atoms with van der Waals surface area (Å²) in [6.45, 7) is 1.22. The third kappa shape index (κ3) is 3.50. The number of nitrogens with two attached hydrogens (primary N) is 1. The molecular formula is C14H18F2N2O. The number of hydrogen-bond donors (Lipinski definition) is 2. The van der Waals surface area contributed by atoms with E-state index in [9.17, 15) is 13.6 Å². The van der Waals surface area contributed by atoms with Crippen LogP contribution >= 0.6 is 0 Å². The molecule has 5 heteroatoms. The van der Waals surface area contributed by atoms with Gasteiger partial charge in [-0.1, -0.05) is 6.07 Å². The minimum absolute atomic E-state index is 0.0502. The van der Waals surface area contributed by atoms with E-state index in [4.69, 9.17) is 5.73 Å². The van der Waals surface area contributed by atoms with Crippen LogP contribution in [0, 0.1) is 17.6 Å². The lowest BCUT2D eigenvalue weighted by atomic mass is 10.1. The lowest BCUT2D eigenvalue weighted by molar-refractivity contribution is -0.122. The summed E-state index contributed by atoms with van der Waals surface area (Å²) >= 11 is 0. The van der Waals surface area contributed by atoms with Crippen LogP contribution in [0.5, 0.6) is 0 Å². The maximum atomic E-state index is 13.5. The fourth-order valence-electron chi connectivity index (χ4n) is 2.24. The third-order valence-electron chi connectivity index (χ3n) is 3.42. The summed E-state index contributed by atoms with van der Waals surface area (Å²) in [5.41, 5.74) is 5.79. The minimum Gasteiger partial charge on any atom is -0.356 e. The number of hydrogen-bond acceptors (Lipinski definition) is 2. The fourth-order valence-corrected chi connectivity index (χ4v) is 2.24. The summed E-state index contributed by atoms with van der Waals surface area (Å²) in [5, 5.41) is 2.82. The average molecular weight is 268 g/mol. The number of halogens is 2. The Bertz CT molecular complexity index is 465. The van der Waals surface area contributed by atoms with E-state index >= 15 is 0 Å². The Kier molecular flexibility index (Phi) is 4.47. The molecule has 3 nitrogen and oxygen atoms in total. The Balaban J connectivity index is 1.84. The first-order valence-electron chi connectivity index (χ1n) is 6.56. The molecule has 0 saturated heterocycles. The quantitative estimate of drug-likeness (QED) is 0.774. The molecule has 0 aromatic heterocycles. The monoisotopic (exact) mass is 268 g/mol. The first-order valence-corrected chi connectivity index (χ1v) is 6.56. The molecule has 2 atom stereocenters. The van der Waals surface area contributed by atoms with E-state index in [1.165, 1.54) is 12.1 Å². The molecule has 2 unspecified atom stereocenters. The predicted molar refractivity (Wildman–Crippen MR) is 68.5 cm³/mol. The Labute approximate surface area is 111 Å². The van der Waals surface area contributed by atoms with Gasteiger partial charge >= 0.3 is 0 Å². The van der Waals surface area contributed by atoms with E-state index in [0.717, 1.165) is 18.9 Å². The van der Waals surface area contributed by atoms with Crippen molar-refractivity contribution in [2.24, 2.45) is 11.7 Å². The van der Waals surface area contributed by atoms with Crippen LogP contribution in [-0.2, 0) is 4.79 Å². The van der Waals surface area contributed by atoms with Crippen molar-refractivity contribution in [2.45, 2.75) is 25.2 Å². The molecule has 1 aromatic rings. The molecule has 19 heavy (non-hydrogen) atoms. The number of benzene rings is 1. The summed E-state index contributed by atoms with van der Waals surface area (Å²) in [7, 11) is 0. The van der Waals surface area contributed by atoms with Gasteiger partial charge in [-0.2, -0.15) is 0 Å². The van der Waals surface area contributed by atoms with Crippen molar-refractivity contribution in [3.63, 3.8) is 0 Å². The van der Waals surface area contributed by atoms with Gasteiger partial charge in [-0.25, -0.2) is 8.78 Å². The summed E-state index contributed by atoms with van der Waals surface area (Å²) in [5.74, 6) is -1.51. The van der Waals surface area contributed by atoms with Crippen molar-refractivity contribution in [3.8, 4) is 0 Å². The molecule has 1 aliphatic rings. The highest BCUT2D eigenvalue weighted by Gasteiger charge is 2.45. The minimum atomic E-state index is -0.593. The SMILES string of the molecule is NCCCCNC(=O)C1CC1c1ccc(F)cc1F. The number of rotatable bonds is 6. The van der Waals surface area contributed by atoms with Crippen LogP contribution in [0.2, 0.25) is 0 Å². The summed E-state index contributed by atoms with van der Waals surface area (Å²) < 4.78 is 26.3. The highest BCUT2D eigenvalue weighted by molar-refractivity contribution is 5.82. The van der Waals surface area contributed by atoms with Crippen LogP contribution in [0.3, 0.4) is 0 Å². The van der Waals surface area contributed by atoms with Crippen LogP contribution < -0.4 is 11.1 Å². The van der Waals surface area contributed by atoms with Gasteiger partial charge in [-0.15, -0.1) is 0 Å². The second kappa shape index (κ2) is 6.10. The van der Waals surface area contributed by atoms with Crippen LogP contribution in [0.15, 0.2) is 18.2 Å². The Morgan fingerprint density at radius 3 is 2.84 bits per heavy atom. The van der Waals surface area contributed by atoms with Gasteiger partial charge < -0.3 is 11.1 Å². The van der Waals surface area contributed by atoms with Gasteiger partial charge in [0, 0.05) is 18.5 Å². The Hall–Kier alpha value is -1.49. The van der Waals surface area contributed by atoms with Crippen molar-refractivity contribution in [1.82, 2.24) is 5.32 Å². The normalized spacial score (nSPS) is 21.2. The van der Waals surface area contributed by atoms with Crippen LogP contribution in [0.1, 0.15) is 30.7 Å². The highest BCUT2D eigenvalue weighted by Crippen LogP contribution is 2.48. The van der Waals surface area contributed by atoms with E-state index in [2.05, 4.69) is 5.32 Å². The molecule has 0 spiro atoms. The predicted octanol–water partition coefficient (Wildman–Crippen LogP) is 1.92. The van der Waals surface area contributed by atoms with Crippen molar-refractivity contribution in [3.05, 3.63) is 35.4 Å². The van der Waals surface area contributed by atoms with E-state index in [1.807, 2.05) is 0 Å². The molecule has 3 N–H and O–H groups in total. The van der Waals surface area contributed by atoms with Crippen molar-refractivity contribution < 1.29 is 13.6 Å². The molecule has 0 heterocycles. The molecule has 1 saturated carbocycles. The Morgan fingerprint density at radius 2 is 2.16 bits per heavy atom. The van der Waals surface area contributed by atoms with Gasteiger partial charge in [0.15, 0.2) is 0 Å². The topological polar surface area (TPSA) is 55.1 Å². The second-order valence-electron chi connectivity index (χ2n) is 4.90. The largest absolute Gasteiger partial charge is 0.356 e. The molecule has 104 valence electrons. The van der Waals surface area contributed by atoms with Gasteiger partial charge in [0.1, 0.15) is 11.6 Å². The molecule has 0 radical (unpaired) electrons. The highest BCUT2D eigenvalue weighted by atomic mass is 19.1. The molecule has 0 bridgehead atoms. The molecule has 1 aromatic carbocycles. The number of nitrogens with one attached hydrogen (secondary N) is 1. The van der Waals surface area contributed by atoms with Crippen molar-refractivity contribution in [2.75, 3.05) is 13.1 Å². The Morgan fingerprint density at radius 1 is 1.37 bits per heavy atom. The van der Waals surface area contributed by atoms with Gasteiger partial charge in [0.25, 0.3) is 0 Å². The average Bonchev–Trinajstić information content (AvgIpc) is 3.14. The lowest BCUT2D eigenvalue weighted by Gasteiger charge is -2.05. The second-order valence-corrected chi connectivity index (χ2v) is 4.90. The van der Waals surface area contributed by atoms with Crippen molar-refractivity contribution >= 4 is 5.91 Å². The number of carbonyl (C=O) groups is 1. The smallest absolute Gasteiger partial charge is 0.223 e.